The number of rotatable bonds is 1. The van der Waals surface area contributed by atoms with E-state index in [9.17, 15) is 4.21 Å². The topological polar surface area (TPSA) is 20.3 Å². The zero-order valence-electron chi connectivity index (χ0n) is 16.9. The molecule has 1 aromatic carbocycles. The van der Waals surface area contributed by atoms with Crippen molar-refractivity contribution in [1.29, 1.82) is 0 Å². The number of anilines is 1. The van der Waals surface area contributed by atoms with Gasteiger partial charge in [0.2, 0.25) is 0 Å². The fourth-order valence-electron chi connectivity index (χ4n) is 5.45. The van der Waals surface area contributed by atoms with Gasteiger partial charge in [0.25, 0.3) is 0 Å². The third-order valence-corrected chi connectivity index (χ3v) is 8.43. The average molecular weight is 400 g/mol. The van der Waals surface area contributed by atoms with Crippen LogP contribution >= 0.6 is 0 Å². The van der Waals surface area contributed by atoms with Gasteiger partial charge in [-0.15, -0.1) is 0 Å². The number of hydrogen-bond donors (Lipinski definition) is 0. The quantitative estimate of drug-likeness (QED) is 0.578. The normalized spacial score (nSPS) is 29.8. The second kappa shape index (κ2) is 6.30. The van der Waals surface area contributed by atoms with E-state index in [1.807, 2.05) is 0 Å². The van der Waals surface area contributed by atoms with Crippen LogP contribution in [-0.2, 0) is 10.8 Å². The van der Waals surface area contributed by atoms with Crippen LogP contribution in [0.2, 0.25) is 0 Å². The molecule has 3 unspecified atom stereocenters. The van der Waals surface area contributed by atoms with E-state index in [0.717, 1.165) is 35.5 Å². The zero-order chi connectivity index (χ0) is 19.7. The van der Waals surface area contributed by atoms with Crippen LogP contribution < -0.4 is 4.90 Å². The molecule has 0 aromatic heterocycles. The number of fused-ring (bicyclic) bond motifs is 3. The molecule has 1 aromatic rings. The molecule has 0 spiro atoms. The van der Waals surface area contributed by atoms with Crippen molar-refractivity contribution in [3.8, 4) is 0 Å². The number of hydrogen-bond acceptors (Lipinski definition) is 2. The molecule has 3 heteroatoms. The van der Waals surface area contributed by atoms with Crippen molar-refractivity contribution in [2.24, 2.45) is 5.92 Å². The SMILES string of the molecule is Cc1ccc(N2C3=C(CCC=C3)C3=CC4=C(CC32)C2=C(C=CC(C)C2)S4=O)cc1. The van der Waals surface area contributed by atoms with Crippen molar-refractivity contribution in [1.82, 2.24) is 0 Å². The van der Waals surface area contributed by atoms with E-state index in [-0.39, 0.29) is 0 Å². The zero-order valence-corrected chi connectivity index (χ0v) is 17.8. The molecule has 0 N–H and O–H groups in total. The maximum atomic E-state index is 13.3. The molecule has 2 aliphatic heterocycles. The molecule has 29 heavy (non-hydrogen) atoms. The Hall–Kier alpha value is -2.39. The summed E-state index contributed by atoms with van der Waals surface area (Å²) in [6.45, 7) is 4.40. The van der Waals surface area contributed by atoms with Gasteiger partial charge in [-0.05, 0) is 91.2 Å². The first-order valence-electron chi connectivity index (χ1n) is 10.7. The van der Waals surface area contributed by atoms with Gasteiger partial charge in [0, 0.05) is 21.2 Å². The summed E-state index contributed by atoms with van der Waals surface area (Å²) in [5.41, 5.74) is 9.45. The molecule has 0 amide bonds. The largest absolute Gasteiger partial charge is 0.333 e. The first-order valence-corrected chi connectivity index (χ1v) is 11.8. The Balaban J connectivity index is 1.49. The fraction of sp³-hybridized carbons (Fsp3) is 0.308. The summed E-state index contributed by atoms with van der Waals surface area (Å²) in [6, 6.07) is 9.22. The summed E-state index contributed by atoms with van der Waals surface area (Å²) in [7, 11) is -1.01. The van der Waals surface area contributed by atoms with Crippen molar-refractivity contribution in [2.45, 2.75) is 45.6 Å². The highest BCUT2D eigenvalue weighted by molar-refractivity contribution is 7.93. The molecule has 5 aliphatic rings. The highest BCUT2D eigenvalue weighted by Gasteiger charge is 2.43. The van der Waals surface area contributed by atoms with Crippen LogP contribution in [0.5, 0.6) is 0 Å². The van der Waals surface area contributed by atoms with E-state index in [0.29, 0.717) is 12.0 Å². The molecule has 3 aliphatic carbocycles. The molecule has 2 nitrogen and oxygen atoms in total. The summed E-state index contributed by atoms with van der Waals surface area (Å²) in [4.78, 5) is 4.67. The summed E-state index contributed by atoms with van der Waals surface area (Å²) < 4.78 is 13.3. The van der Waals surface area contributed by atoms with E-state index in [2.05, 4.69) is 73.4 Å². The third-order valence-electron chi connectivity index (χ3n) is 6.88. The van der Waals surface area contributed by atoms with E-state index < -0.39 is 10.8 Å². The van der Waals surface area contributed by atoms with Gasteiger partial charge in [-0.1, -0.05) is 36.8 Å². The molecule has 0 fully saturated rings. The van der Waals surface area contributed by atoms with E-state index in [4.69, 9.17) is 0 Å². The maximum absolute atomic E-state index is 13.3. The van der Waals surface area contributed by atoms with Crippen molar-refractivity contribution < 1.29 is 4.21 Å². The van der Waals surface area contributed by atoms with Crippen LogP contribution in [-0.4, -0.2) is 10.3 Å². The number of aryl methyl sites for hydroxylation is 1. The lowest BCUT2D eigenvalue weighted by atomic mass is 9.82. The van der Waals surface area contributed by atoms with E-state index in [1.54, 1.807) is 0 Å². The molecular weight excluding hydrogens is 374 g/mol. The Bertz CT molecular complexity index is 1140. The molecule has 0 bridgehead atoms. The van der Waals surface area contributed by atoms with Gasteiger partial charge in [0.1, 0.15) is 0 Å². The van der Waals surface area contributed by atoms with Crippen LogP contribution in [0.3, 0.4) is 0 Å². The standard InChI is InChI=1S/C26H25NOS/c1-16-7-10-18(11-8-16)27-23-6-4-3-5-19(23)20-15-26-22(14-24(20)27)21-13-17(2)9-12-25(21)29(26)28/h4,6-12,15,17,24H,3,5,13-14H2,1-2H3. The smallest absolute Gasteiger partial charge is 0.0855 e. The first-order chi connectivity index (χ1) is 14.1. The highest BCUT2D eigenvalue weighted by Crippen LogP contribution is 2.52. The summed E-state index contributed by atoms with van der Waals surface area (Å²) in [5, 5.41) is 0. The lowest BCUT2D eigenvalue weighted by molar-refractivity contribution is 0.683. The second-order valence-corrected chi connectivity index (χ2v) is 10.2. The number of allylic oxidation sites excluding steroid dienone is 6. The van der Waals surface area contributed by atoms with Gasteiger partial charge in [0.05, 0.1) is 16.8 Å². The molecule has 3 atom stereocenters. The van der Waals surface area contributed by atoms with Gasteiger partial charge in [-0.25, -0.2) is 4.21 Å². The molecular formula is C26H25NOS. The van der Waals surface area contributed by atoms with Crippen LogP contribution in [0.15, 0.2) is 92.4 Å². The summed E-state index contributed by atoms with van der Waals surface area (Å²) >= 11 is 0. The van der Waals surface area contributed by atoms with Gasteiger partial charge in [0.15, 0.2) is 0 Å². The number of nitrogens with zero attached hydrogens (tertiary/aromatic N) is 1. The van der Waals surface area contributed by atoms with Crippen molar-refractivity contribution >= 4 is 16.5 Å². The molecule has 0 saturated heterocycles. The third kappa shape index (κ3) is 2.50. The number of benzene rings is 1. The maximum Gasteiger partial charge on any atom is 0.0855 e. The van der Waals surface area contributed by atoms with Crippen LogP contribution in [0, 0.1) is 12.8 Å². The van der Waals surface area contributed by atoms with Crippen LogP contribution in [0.4, 0.5) is 5.69 Å². The summed E-state index contributed by atoms with van der Waals surface area (Å²) in [5.74, 6) is 0.522. The Kier molecular flexibility index (Phi) is 3.80. The minimum atomic E-state index is -1.01. The Labute approximate surface area is 175 Å². The minimum absolute atomic E-state index is 0.314. The average Bonchev–Trinajstić information content (AvgIpc) is 3.20. The van der Waals surface area contributed by atoms with Gasteiger partial charge in [-0.2, -0.15) is 0 Å². The van der Waals surface area contributed by atoms with Gasteiger partial charge < -0.3 is 4.90 Å². The Morgan fingerprint density at radius 3 is 2.62 bits per heavy atom. The lowest BCUT2D eigenvalue weighted by Gasteiger charge is -2.32. The molecule has 2 heterocycles. The van der Waals surface area contributed by atoms with Crippen molar-refractivity contribution in [3.63, 3.8) is 0 Å². The summed E-state index contributed by atoms with van der Waals surface area (Å²) in [6.07, 6.45) is 15.4. The van der Waals surface area contributed by atoms with Crippen LogP contribution in [0.1, 0.15) is 38.2 Å². The van der Waals surface area contributed by atoms with Crippen molar-refractivity contribution in [3.05, 3.63) is 98.0 Å². The van der Waals surface area contributed by atoms with Crippen molar-refractivity contribution in [2.75, 3.05) is 4.90 Å². The predicted octanol–water partition coefficient (Wildman–Crippen LogP) is 5.98. The predicted molar refractivity (Wildman–Crippen MR) is 121 cm³/mol. The molecule has 0 saturated carbocycles. The fourth-order valence-corrected chi connectivity index (χ4v) is 6.99. The van der Waals surface area contributed by atoms with Gasteiger partial charge in [-0.3, -0.25) is 0 Å². The first kappa shape index (κ1) is 17.5. The lowest BCUT2D eigenvalue weighted by Crippen LogP contribution is -2.32. The minimum Gasteiger partial charge on any atom is -0.333 e. The Morgan fingerprint density at radius 2 is 1.79 bits per heavy atom. The van der Waals surface area contributed by atoms with E-state index in [1.165, 1.54) is 39.2 Å². The Morgan fingerprint density at radius 1 is 1.00 bits per heavy atom. The highest BCUT2D eigenvalue weighted by atomic mass is 32.2. The van der Waals surface area contributed by atoms with Gasteiger partial charge >= 0.3 is 0 Å². The molecule has 0 radical (unpaired) electrons. The van der Waals surface area contributed by atoms with Crippen LogP contribution in [0.25, 0.3) is 0 Å². The monoisotopic (exact) mass is 399 g/mol. The molecule has 6 rings (SSSR count). The molecule has 146 valence electrons. The van der Waals surface area contributed by atoms with E-state index >= 15 is 0 Å². The second-order valence-electron chi connectivity index (χ2n) is 8.82.